The highest BCUT2D eigenvalue weighted by Crippen LogP contribution is 2.74. The second-order valence-corrected chi connectivity index (χ2v) is 10.5. The van der Waals surface area contributed by atoms with E-state index in [1.807, 2.05) is 0 Å². The molecule has 2 atom stereocenters. The molecule has 0 radical (unpaired) electrons. The minimum absolute atomic E-state index is 0.130. The lowest BCUT2D eigenvalue weighted by Gasteiger charge is -2.18. The van der Waals surface area contributed by atoms with Gasteiger partial charge in [-0.25, -0.2) is 0 Å². The molecule has 0 saturated heterocycles. The van der Waals surface area contributed by atoms with Crippen molar-refractivity contribution in [2.24, 2.45) is 0 Å². The van der Waals surface area contributed by atoms with Crippen LogP contribution in [0.15, 0.2) is 0 Å². The Morgan fingerprint density at radius 1 is 0.677 bits per heavy atom. The second-order valence-electron chi connectivity index (χ2n) is 9.03. The maximum atomic E-state index is 12.6. The van der Waals surface area contributed by atoms with Crippen LogP contribution in [0, 0.1) is 0 Å². The summed E-state index contributed by atoms with van der Waals surface area (Å²) in [5.74, 6) is 1.97. The van der Waals surface area contributed by atoms with Crippen LogP contribution in [-0.2, 0) is 15.9 Å². The van der Waals surface area contributed by atoms with Crippen LogP contribution >= 0.6 is 7.82 Å². The molecule has 4 rings (SSSR count). The minimum atomic E-state index is -3.56. The Morgan fingerprint density at radius 2 is 1.23 bits per heavy atom. The Kier molecular flexibility index (Phi) is 7.71. The van der Waals surface area contributed by atoms with Gasteiger partial charge in [0.05, 0.1) is 0 Å². The number of fused-ring (bicyclic) bond motifs is 3. The highest BCUT2D eigenvalue weighted by Gasteiger charge is 2.55. The highest BCUT2D eigenvalue weighted by molar-refractivity contribution is 7.50. The summed E-state index contributed by atoms with van der Waals surface area (Å²) in [5, 5.41) is 0. The summed E-state index contributed by atoms with van der Waals surface area (Å²) in [6, 6.07) is 0. The molecule has 31 heavy (non-hydrogen) atoms. The number of hydrogen-bond acceptors (Lipinski definition) is 6. The monoisotopic (exact) mass is 452 g/mol. The molecule has 174 valence electrons. The van der Waals surface area contributed by atoms with Crippen LogP contribution < -0.4 is 18.5 Å². The summed E-state index contributed by atoms with van der Waals surface area (Å²) in [6.07, 6.45) is 17.7. The number of phosphoric acid groups is 1. The number of hydrogen-bond donors (Lipinski definition) is 0. The van der Waals surface area contributed by atoms with Gasteiger partial charge in [0.2, 0.25) is 17.2 Å². The Morgan fingerprint density at radius 3 is 1.90 bits per heavy atom. The van der Waals surface area contributed by atoms with Gasteiger partial charge in [-0.3, -0.25) is 0 Å². The van der Waals surface area contributed by atoms with Gasteiger partial charge >= 0.3 is 7.82 Å². The third-order valence-electron chi connectivity index (χ3n) is 6.49. The average molecular weight is 453 g/mol. The van der Waals surface area contributed by atoms with Crippen LogP contribution in [0.4, 0.5) is 0 Å². The van der Waals surface area contributed by atoms with Crippen molar-refractivity contribution in [3.63, 3.8) is 0 Å². The lowest BCUT2D eigenvalue weighted by Crippen LogP contribution is -2.05. The van der Waals surface area contributed by atoms with E-state index in [9.17, 15) is 4.57 Å². The fourth-order valence-electron chi connectivity index (χ4n) is 4.77. The van der Waals surface area contributed by atoms with E-state index >= 15 is 0 Å². The fourth-order valence-corrected chi connectivity index (χ4v) is 6.07. The van der Waals surface area contributed by atoms with Crippen LogP contribution in [0.3, 0.4) is 0 Å². The molecular formula is C24H37O6P. The standard InChI is InChI=1S/C24H37O6P/c1-3-5-7-9-11-12-14-16-18-20-19(17-15-13-10-8-6-4-2)26-27-22(20)24-23-21(18)28-31(25,29-23)30-24/h19H,3-17H2,1-2H3. The van der Waals surface area contributed by atoms with Crippen LogP contribution in [0.1, 0.15) is 121 Å². The van der Waals surface area contributed by atoms with Gasteiger partial charge in [0.15, 0.2) is 5.75 Å². The van der Waals surface area contributed by atoms with Crippen LogP contribution in [0.2, 0.25) is 0 Å². The van der Waals surface area contributed by atoms with Crippen LogP contribution in [0.25, 0.3) is 0 Å². The first kappa shape index (κ1) is 22.8. The molecule has 6 nitrogen and oxygen atoms in total. The Balaban J connectivity index is 1.42. The largest absolute Gasteiger partial charge is 0.647 e. The quantitative estimate of drug-likeness (QED) is 0.151. The zero-order valence-electron chi connectivity index (χ0n) is 19.1. The zero-order chi connectivity index (χ0) is 21.7. The molecule has 1 aromatic carbocycles. The van der Waals surface area contributed by atoms with E-state index in [1.54, 1.807) is 0 Å². The van der Waals surface area contributed by atoms with Crippen molar-refractivity contribution < 1.29 is 27.9 Å². The van der Waals surface area contributed by atoms with Crippen molar-refractivity contribution in [3.05, 3.63) is 11.1 Å². The first-order chi connectivity index (χ1) is 15.2. The second kappa shape index (κ2) is 10.5. The van der Waals surface area contributed by atoms with Gasteiger partial charge in [0, 0.05) is 11.1 Å². The lowest BCUT2D eigenvalue weighted by molar-refractivity contribution is -0.226. The van der Waals surface area contributed by atoms with Crippen molar-refractivity contribution in [3.8, 4) is 23.0 Å². The molecule has 0 saturated carbocycles. The third kappa shape index (κ3) is 5.01. The Bertz CT molecular complexity index is 808. The van der Waals surface area contributed by atoms with Crippen molar-refractivity contribution in [2.45, 2.75) is 116 Å². The molecule has 2 unspecified atom stereocenters. The maximum absolute atomic E-state index is 12.6. The Labute approximate surface area is 186 Å². The first-order valence-electron chi connectivity index (χ1n) is 12.4. The molecule has 0 aromatic heterocycles. The zero-order valence-corrected chi connectivity index (χ0v) is 20.0. The summed E-state index contributed by atoms with van der Waals surface area (Å²) in [7, 11) is -3.56. The summed E-state index contributed by atoms with van der Waals surface area (Å²) in [4.78, 5) is 11.3. The predicted octanol–water partition coefficient (Wildman–Crippen LogP) is 8.37. The maximum Gasteiger partial charge on any atom is 0.647 e. The van der Waals surface area contributed by atoms with Crippen molar-refractivity contribution in [2.75, 3.05) is 0 Å². The van der Waals surface area contributed by atoms with Gasteiger partial charge in [-0.2, -0.15) is 9.45 Å². The molecule has 1 aromatic rings. The van der Waals surface area contributed by atoms with Gasteiger partial charge < -0.3 is 18.5 Å². The summed E-state index contributed by atoms with van der Waals surface area (Å²) in [6.45, 7) is 4.48. The Hall–Kier alpha value is -1.39. The highest BCUT2D eigenvalue weighted by atomic mass is 31.2. The number of unbranched alkanes of at least 4 members (excludes halogenated alkanes) is 11. The van der Waals surface area contributed by atoms with Crippen LogP contribution in [-0.4, -0.2) is 0 Å². The van der Waals surface area contributed by atoms with E-state index < -0.39 is 7.82 Å². The average Bonchev–Trinajstić information content (AvgIpc) is 3.42. The van der Waals surface area contributed by atoms with Gasteiger partial charge in [-0.05, 0) is 19.3 Å². The fraction of sp³-hybridized carbons (Fsp3) is 0.750. The van der Waals surface area contributed by atoms with E-state index in [0.29, 0.717) is 23.0 Å². The van der Waals surface area contributed by atoms with E-state index in [0.717, 1.165) is 36.8 Å². The molecular weight excluding hydrogens is 415 g/mol. The molecule has 3 heterocycles. The molecule has 0 fully saturated rings. The molecule has 2 bridgehead atoms. The van der Waals surface area contributed by atoms with E-state index in [-0.39, 0.29) is 6.10 Å². The van der Waals surface area contributed by atoms with Gasteiger partial charge in [-0.15, -0.1) is 0 Å². The molecule has 0 aliphatic carbocycles. The number of benzene rings is 1. The van der Waals surface area contributed by atoms with E-state index in [1.165, 1.54) is 70.6 Å². The molecule has 0 N–H and O–H groups in total. The van der Waals surface area contributed by atoms with Crippen molar-refractivity contribution in [1.29, 1.82) is 0 Å². The van der Waals surface area contributed by atoms with E-state index in [2.05, 4.69) is 13.8 Å². The number of phosphoric ester groups is 1. The first-order valence-corrected chi connectivity index (χ1v) is 13.9. The summed E-state index contributed by atoms with van der Waals surface area (Å²) >= 11 is 0. The minimum Gasteiger partial charge on any atom is -0.381 e. The smallest absolute Gasteiger partial charge is 0.381 e. The summed E-state index contributed by atoms with van der Waals surface area (Å²) < 4.78 is 29.2. The van der Waals surface area contributed by atoms with Crippen LogP contribution in [0.5, 0.6) is 23.0 Å². The molecule has 0 amide bonds. The van der Waals surface area contributed by atoms with Gasteiger partial charge in [-0.1, -0.05) is 90.9 Å². The molecule has 3 aliphatic rings. The predicted molar refractivity (Wildman–Crippen MR) is 120 cm³/mol. The van der Waals surface area contributed by atoms with Gasteiger partial charge in [0.1, 0.15) is 6.10 Å². The normalized spacial score (nSPS) is 22.1. The molecule has 7 heteroatoms. The lowest BCUT2D eigenvalue weighted by atomic mass is 9.92. The molecule has 0 spiro atoms. The summed E-state index contributed by atoms with van der Waals surface area (Å²) in [5.41, 5.74) is 2.06. The topological polar surface area (TPSA) is 63.2 Å². The number of rotatable bonds is 15. The van der Waals surface area contributed by atoms with E-state index in [4.69, 9.17) is 23.3 Å². The molecule has 3 aliphatic heterocycles. The SMILES string of the molecule is CCCCCCCCCc1c2c3c(c4c1C(CCCCCCCC)OO4)OP(=O)(O2)O3. The third-order valence-corrected chi connectivity index (χ3v) is 7.71. The van der Waals surface area contributed by atoms with Crippen molar-refractivity contribution >= 4 is 7.82 Å². The van der Waals surface area contributed by atoms with Crippen molar-refractivity contribution in [1.82, 2.24) is 0 Å². The van der Waals surface area contributed by atoms with Gasteiger partial charge in [0.25, 0.3) is 0 Å².